The molecule has 2 heterocycles. The number of aliphatic hydroxyl groups is 1. The first-order valence-electron chi connectivity index (χ1n) is 8.03. The molecular formula is C15H26N4O2. The monoisotopic (exact) mass is 294 g/mol. The van der Waals surface area contributed by atoms with Gasteiger partial charge in [0.1, 0.15) is 0 Å². The van der Waals surface area contributed by atoms with Crippen LogP contribution in [-0.2, 0) is 6.42 Å². The first-order valence-corrected chi connectivity index (χ1v) is 8.03. The lowest BCUT2D eigenvalue weighted by Gasteiger charge is -2.37. The maximum absolute atomic E-state index is 10.1. The molecule has 1 saturated heterocycles. The Morgan fingerprint density at radius 3 is 2.86 bits per heavy atom. The van der Waals surface area contributed by atoms with Crippen molar-refractivity contribution in [2.75, 3.05) is 33.7 Å². The van der Waals surface area contributed by atoms with Gasteiger partial charge in [0, 0.05) is 32.1 Å². The van der Waals surface area contributed by atoms with E-state index in [1.165, 1.54) is 0 Å². The van der Waals surface area contributed by atoms with E-state index >= 15 is 0 Å². The number of hydrogen-bond acceptors (Lipinski definition) is 6. The van der Waals surface area contributed by atoms with E-state index in [2.05, 4.69) is 34.0 Å². The number of rotatable bonds is 3. The van der Waals surface area contributed by atoms with Crippen molar-refractivity contribution in [1.82, 2.24) is 19.9 Å². The number of likely N-dealkylation sites (N-methyl/N-ethyl adjacent to an activating group) is 2. The first kappa shape index (κ1) is 14.9. The standard InChI is InChI=1S/C15H26N4O2/c1-18-7-8-19(2)11(10-18)9-14-16-15(21-17-14)12-5-3-4-6-13(12)20/h11-13,20H,3-10H2,1-2H3. The van der Waals surface area contributed by atoms with E-state index in [4.69, 9.17) is 4.52 Å². The van der Waals surface area contributed by atoms with Crippen molar-refractivity contribution in [2.24, 2.45) is 0 Å². The molecule has 1 aromatic heterocycles. The highest BCUT2D eigenvalue weighted by Crippen LogP contribution is 2.32. The lowest BCUT2D eigenvalue weighted by molar-refractivity contribution is 0.0908. The van der Waals surface area contributed by atoms with Crippen LogP contribution >= 0.6 is 0 Å². The molecule has 0 radical (unpaired) electrons. The van der Waals surface area contributed by atoms with E-state index in [0.29, 0.717) is 11.9 Å². The largest absolute Gasteiger partial charge is 0.392 e. The van der Waals surface area contributed by atoms with Crippen LogP contribution in [0.25, 0.3) is 0 Å². The summed E-state index contributed by atoms with van der Waals surface area (Å²) in [6.45, 7) is 3.22. The minimum atomic E-state index is -0.324. The summed E-state index contributed by atoms with van der Waals surface area (Å²) < 4.78 is 5.42. The van der Waals surface area contributed by atoms with Gasteiger partial charge < -0.3 is 19.4 Å². The third kappa shape index (κ3) is 3.44. The van der Waals surface area contributed by atoms with E-state index < -0.39 is 0 Å². The summed E-state index contributed by atoms with van der Waals surface area (Å²) >= 11 is 0. The van der Waals surface area contributed by atoms with Gasteiger partial charge in [0.25, 0.3) is 0 Å². The Hall–Kier alpha value is -0.980. The molecule has 3 unspecified atom stereocenters. The predicted octanol–water partition coefficient (Wildman–Crippen LogP) is 0.876. The fourth-order valence-electron chi connectivity index (χ4n) is 3.43. The molecule has 1 saturated carbocycles. The van der Waals surface area contributed by atoms with Gasteiger partial charge in [-0.1, -0.05) is 18.0 Å². The second kappa shape index (κ2) is 6.42. The van der Waals surface area contributed by atoms with Crippen LogP contribution in [0.2, 0.25) is 0 Å². The smallest absolute Gasteiger partial charge is 0.232 e. The summed E-state index contributed by atoms with van der Waals surface area (Å²) in [5.74, 6) is 1.44. The van der Waals surface area contributed by atoms with Crippen molar-refractivity contribution < 1.29 is 9.63 Å². The molecule has 3 rings (SSSR count). The average molecular weight is 294 g/mol. The van der Waals surface area contributed by atoms with Gasteiger partial charge in [-0.2, -0.15) is 4.98 Å². The predicted molar refractivity (Wildman–Crippen MR) is 79.1 cm³/mol. The van der Waals surface area contributed by atoms with Crippen LogP contribution in [0.5, 0.6) is 0 Å². The lowest BCUT2D eigenvalue weighted by Crippen LogP contribution is -2.50. The Bertz CT molecular complexity index is 464. The Morgan fingerprint density at radius 1 is 1.24 bits per heavy atom. The molecular weight excluding hydrogens is 268 g/mol. The van der Waals surface area contributed by atoms with Crippen molar-refractivity contribution in [3.63, 3.8) is 0 Å². The third-order valence-corrected chi connectivity index (χ3v) is 4.93. The lowest BCUT2D eigenvalue weighted by atomic mass is 9.86. The molecule has 0 bridgehead atoms. The molecule has 118 valence electrons. The van der Waals surface area contributed by atoms with Gasteiger partial charge in [0.2, 0.25) is 5.89 Å². The van der Waals surface area contributed by atoms with Crippen LogP contribution in [0, 0.1) is 0 Å². The maximum Gasteiger partial charge on any atom is 0.232 e. The Balaban J connectivity index is 1.64. The second-order valence-corrected chi connectivity index (χ2v) is 6.61. The molecule has 0 spiro atoms. The summed E-state index contributed by atoms with van der Waals surface area (Å²) in [6.07, 6.45) is 4.52. The zero-order valence-electron chi connectivity index (χ0n) is 13.0. The SMILES string of the molecule is CN1CCN(C)C(Cc2noc(C3CCCCC3O)n2)C1. The van der Waals surface area contributed by atoms with Gasteiger partial charge in [0.05, 0.1) is 12.0 Å². The Kier molecular flexibility index (Phi) is 4.57. The fourth-order valence-corrected chi connectivity index (χ4v) is 3.43. The molecule has 2 aliphatic rings. The summed E-state index contributed by atoms with van der Waals surface area (Å²) in [7, 11) is 4.31. The van der Waals surface area contributed by atoms with Crippen molar-refractivity contribution in [2.45, 2.75) is 50.2 Å². The molecule has 0 aromatic carbocycles. The molecule has 6 heteroatoms. The van der Waals surface area contributed by atoms with Crippen molar-refractivity contribution in [1.29, 1.82) is 0 Å². The Labute approximate surface area is 126 Å². The van der Waals surface area contributed by atoms with E-state index in [0.717, 1.165) is 57.6 Å². The fraction of sp³-hybridized carbons (Fsp3) is 0.867. The molecule has 21 heavy (non-hydrogen) atoms. The molecule has 1 aliphatic carbocycles. The van der Waals surface area contributed by atoms with Gasteiger partial charge in [-0.3, -0.25) is 0 Å². The molecule has 0 amide bonds. The van der Waals surface area contributed by atoms with E-state index in [1.807, 2.05) is 0 Å². The number of aromatic nitrogens is 2. The van der Waals surface area contributed by atoms with E-state index in [9.17, 15) is 5.11 Å². The number of piperazine rings is 1. The number of aliphatic hydroxyl groups excluding tert-OH is 1. The van der Waals surface area contributed by atoms with Crippen molar-refractivity contribution >= 4 is 0 Å². The summed E-state index contributed by atoms with van der Waals surface area (Å²) in [5, 5.41) is 14.2. The highest BCUT2D eigenvalue weighted by Gasteiger charge is 2.30. The molecule has 1 aliphatic heterocycles. The van der Waals surface area contributed by atoms with Crippen LogP contribution in [-0.4, -0.2) is 70.9 Å². The quantitative estimate of drug-likeness (QED) is 0.892. The average Bonchev–Trinajstić information content (AvgIpc) is 2.92. The van der Waals surface area contributed by atoms with Crippen LogP contribution in [0.4, 0.5) is 0 Å². The minimum absolute atomic E-state index is 0.0340. The molecule has 1 aromatic rings. The summed E-state index contributed by atoms with van der Waals surface area (Å²) in [5.41, 5.74) is 0. The number of hydrogen-bond donors (Lipinski definition) is 1. The zero-order valence-corrected chi connectivity index (χ0v) is 13.0. The topological polar surface area (TPSA) is 65.6 Å². The number of nitrogens with zero attached hydrogens (tertiary/aromatic N) is 4. The van der Waals surface area contributed by atoms with Gasteiger partial charge >= 0.3 is 0 Å². The van der Waals surface area contributed by atoms with Gasteiger partial charge in [-0.25, -0.2) is 0 Å². The van der Waals surface area contributed by atoms with Crippen molar-refractivity contribution in [3.8, 4) is 0 Å². The summed E-state index contributed by atoms with van der Waals surface area (Å²) in [6, 6.07) is 0.436. The minimum Gasteiger partial charge on any atom is -0.392 e. The van der Waals surface area contributed by atoms with Gasteiger partial charge in [-0.15, -0.1) is 0 Å². The highest BCUT2D eigenvalue weighted by atomic mass is 16.5. The maximum atomic E-state index is 10.1. The van der Waals surface area contributed by atoms with Crippen LogP contribution < -0.4 is 0 Å². The molecule has 2 fully saturated rings. The molecule has 3 atom stereocenters. The highest BCUT2D eigenvalue weighted by molar-refractivity contribution is 5.00. The van der Waals surface area contributed by atoms with Crippen LogP contribution in [0.15, 0.2) is 4.52 Å². The van der Waals surface area contributed by atoms with E-state index in [1.54, 1.807) is 0 Å². The Morgan fingerprint density at radius 2 is 2.05 bits per heavy atom. The zero-order chi connectivity index (χ0) is 14.8. The summed E-state index contributed by atoms with van der Waals surface area (Å²) in [4.78, 5) is 9.27. The van der Waals surface area contributed by atoms with Gasteiger partial charge in [-0.05, 0) is 26.9 Å². The second-order valence-electron chi connectivity index (χ2n) is 6.61. The van der Waals surface area contributed by atoms with Crippen molar-refractivity contribution in [3.05, 3.63) is 11.7 Å². The first-order chi connectivity index (χ1) is 10.1. The van der Waals surface area contributed by atoms with Crippen LogP contribution in [0.1, 0.15) is 43.3 Å². The van der Waals surface area contributed by atoms with E-state index in [-0.39, 0.29) is 12.0 Å². The van der Waals surface area contributed by atoms with Gasteiger partial charge in [0.15, 0.2) is 5.82 Å². The molecule has 6 nitrogen and oxygen atoms in total. The van der Waals surface area contributed by atoms with Crippen LogP contribution in [0.3, 0.4) is 0 Å². The normalized spacial score (nSPS) is 32.4. The molecule has 1 N–H and O–H groups in total. The third-order valence-electron chi connectivity index (χ3n) is 4.93.